The molecule has 0 aromatic carbocycles. The molecule has 12 heavy (non-hydrogen) atoms. The van der Waals surface area contributed by atoms with Gasteiger partial charge in [-0.15, -0.1) is 5.10 Å². The fourth-order valence-corrected chi connectivity index (χ4v) is 1.92. The number of nitrogens with zero attached hydrogens (tertiary/aromatic N) is 2. The standard InChI is InChI=1S/C9H16N2S/c1-5-6-7-8(9(2,3)4)12-11-10-7/h5-6H2,1-4H3. The third kappa shape index (κ3) is 2.03. The van der Waals surface area contributed by atoms with Gasteiger partial charge in [-0.05, 0) is 23.4 Å². The molecular formula is C9H16N2S. The van der Waals surface area contributed by atoms with Crippen molar-refractivity contribution in [2.45, 2.75) is 46.0 Å². The van der Waals surface area contributed by atoms with Gasteiger partial charge in [0.25, 0.3) is 0 Å². The molecule has 0 aliphatic rings. The Bertz CT molecular complexity index is 247. The van der Waals surface area contributed by atoms with Crippen molar-refractivity contribution in [2.75, 3.05) is 0 Å². The Hall–Kier alpha value is -0.440. The monoisotopic (exact) mass is 184 g/mol. The van der Waals surface area contributed by atoms with Crippen molar-refractivity contribution < 1.29 is 0 Å². The molecule has 3 heteroatoms. The van der Waals surface area contributed by atoms with Crippen LogP contribution in [0.5, 0.6) is 0 Å². The van der Waals surface area contributed by atoms with Gasteiger partial charge in [-0.1, -0.05) is 38.6 Å². The van der Waals surface area contributed by atoms with Gasteiger partial charge in [-0.25, -0.2) is 0 Å². The van der Waals surface area contributed by atoms with Crippen molar-refractivity contribution in [3.63, 3.8) is 0 Å². The molecule has 0 N–H and O–H groups in total. The predicted octanol–water partition coefficient (Wildman–Crippen LogP) is 2.79. The number of aromatic nitrogens is 2. The number of hydrogen-bond acceptors (Lipinski definition) is 3. The lowest BCUT2D eigenvalue weighted by Gasteiger charge is -2.16. The minimum atomic E-state index is 0.207. The lowest BCUT2D eigenvalue weighted by Crippen LogP contribution is -2.11. The normalized spacial score (nSPS) is 12.0. The summed E-state index contributed by atoms with van der Waals surface area (Å²) in [6.45, 7) is 8.80. The molecule has 0 aliphatic heterocycles. The van der Waals surface area contributed by atoms with Crippen molar-refractivity contribution in [2.24, 2.45) is 0 Å². The molecule has 0 aliphatic carbocycles. The van der Waals surface area contributed by atoms with Crippen molar-refractivity contribution in [1.82, 2.24) is 9.59 Å². The summed E-state index contributed by atoms with van der Waals surface area (Å²) >= 11 is 1.54. The van der Waals surface area contributed by atoms with E-state index in [4.69, 9.17) is 0 Å². The molecular weight excluding hydrogens is 168 g/mol. The lowest BCUT2D eigenvalue weighted by molar-refractivity contribution is 0.592. The first kappa shape index (κ1) is 9.65. The maximum Gasteiger partial charge on any atom is 0.0792 e. The zero-order valence-corrected chi connectivity index (χ0v) is 9.03. The second-order valence-electron chi connectivity index (χ2n) is 4.05. The zero-order valence-electron chi connectivity index (χ0n) is 8.22. The van der Waals surface area contributed by atoms with E-state index in [2.05, 4.69) is 37.3 Å². The Kier molecular flexibility index (Phi) is 2.83. The smallest absolute Gasteiger partial charge is 0.0792 e. The third-order valence-corrected chi connectivity index (χ3v) is 2.92. The van der Waals surface area contributed by atoms with Gasteiger partial charge < -0.3 is 0 Å². The van der Waals surface area contributed by atoms with Crippen LogP contribution in [-0.4, -0.2) is 9.59 Å². The summed E-state index contributed by atoms with van der Waals surface area (Å²) in [5, 5.41) is 4.14. The molecule has 0 saturated carbocycles. The first-order valence-corrected chi connectivity index (χ1v) is 5.14. The van der Waals surface area contributed by atoms with Gasteiger partial charge in [0.2, 0.25) is 0 Å². The number of rotatable bonds is 2. The maximum atomic E-state index is 4.14. The molecule has 1 heterocycles. The molecule has 68 valence electrons. The molecule has 1 aromatic heterocycles. The molecule has 0 fully saturated rings. The highest BCUT2D eigenvalue weighted by Crippen LogP contribution is 2.28. The van der Waals surface area contributed by atoms with Gasteiger partial charge in [0.1, 0.15) is 0 Å². The molecule has 0 spiro atoms. The van der Waals surface area contributed by atoms with E-state index in [0.29, 0.717) is 0 Å². The van der Waals surface area contributed by atoms with Gasteiger partial charge >= 0.3 is 0 Å². The van der Waals surface area contributed by atoms with Crippen LogP contribution < -0.4 is 0 Å². The summed E-state index contributed by atoms with van der Waals surface area (Å²) in [6.07, 6.45) is 2.21. The van der Waals surface area contributed by atoms with Crippen LogP contribution in [0.1, 0.15) is 44.7 Å². The molecule has 0 radical (unpaired) electrons. The van der Waals surface area contributed by atoms with Gasteiger partial charge in [0.05, 0.1) is 10.6 Å². The Morgan fingerprint density at radius 1 is 1.33 bits per heavy atom. The molecule has 1 rings (SSSR count). The summed E-state index contributed by atoms with van der Waals surface area (Å²) in [4.78, 5) is 1.34. The summed E-state index contributed by atoms with van der Waals surface area (Å²) in [7, 11) is 0. The van der Waals surface area contributed by atoms with E-state index in [-0.39, 0.29) is 5.41 Å². The Balaban J connectivity index is 2.91. The van der Waals surface area contributed by atoms with E-state index >= 15 is 0 Å². The minimum absolute atomic E-state index is 0.207. The van der Waals surface area contributed by atoms with Crippen molar-refractivity contribution in [3.8, 4) is 0 Å². The molecule has 0 atom stereocenters. The van der Waals surface area contributed by atoms with Crippen LogP contribution in [0, 0.1) is 0 Å². The van der Waals surface area contributed by atoms with Crippen LogP contribution in [0.4, 0.5) is 0 Å². The van der Waals surface area contributed by atoms with Gasteiger partial charge in [-0.3, -0.25) is 0 Å². The highest BCUT2D eigenvalue weighted by Gasteiger charge is 2.20. The van der Waals surface area contributed by atoms with Gasteiger partial charge in [-0.2, -0.15) is 0 Å². The van der Waals surface area contributed by atoms with E-state index in [1.54, 1.807) is 0 Å². The topological polar surface area (TPSA) is 25.8 Å². The van der Waals surface area contributed by atoms with Crippen LogP contribution in [-0.2, 0) is 11.8 Å². The quantitative estimate of drug-likeness (QED) is 0.706. The number of hydrogen-bond donors (Lipinski definition) is 0. The van der Waals surface area contributed by atoms with E-state index in [1.807, 2.05) is 0 Å². The summed E-state index contributed by atoms with van der Waals surface area (Å²) < 4.78 is 4.00. The largest absolute Gasteiger partial charge is 0.143 e. The van der Waals surface area contributed by atoms with Crippen molar-refractivity contribution >= 4 is 11.5 Å². The van der Waals surface area contributed by atoms with Gasteiger partial charge in [0.15, 0.2) is 0 Å². The minimum Gasteiger partial charge on any atom is -0.143 e. The lowest BCUT2D eigenvalue weighted by atomic mass is 9.92. The molecule has 1 aromatic rings. The maximum absolute atomic E-state index is 4.14. The van der Waals surface area contributed by atoms with Crippen molar-refractivity contribution in [3.05, 3.63) is 10.6 Å². The molecule has 0 saturated heterocycles. The number of aryl methyl sites for hydroxylation is 1. The molecule has 0 bridgehead atoms. The first-order valence-electron chi connectivity index (χ1n) is 4.37. The average Bonchev–Trinajstić information content (AvgIpc) is 2.34. The molecule has 0 amide bonds. The SMILES string of the molecule is CCCc1nnsc1C(C)(C)C. The molecule has 2 nitrogen and oxygen atoms in total. The summed E-state index contributed by atoms with van der Waals surface area (Å²) in [6, 6.07) is 0. The highest BCUT2D eigenvalue weighted by molar-refractivity contribution is 7.05. The molecule has 0 unspecified atom stereocenters. The van der Waals surface area contributed by atoms with E-state index in [1.165, 1.54) is 22.1 Å². The van der Waals surface area contributed by atoms with Crippen LogP contribution in [0.15, 0.2) is 0 Å². The predicted molar refractivity (Wildman–Crippen MR) is 52.6 cm³/mol. The van der Waals surface area contributed by atoms with Crippen LogP contribution in [0.25, 0.3) is 0 Å². The van der Waals surface area contributed by atoms with Crippen LogP contribution >= 0.6 is 11.5 Å². The van der Waals surface area contributed by atoms with E-state index in [0.717, 1.165) is 12.8 Å². The Labute approximate surface area is 78.2 Å². The first-order chi connectivity index (χ1) is 5.55. The van der Waals surface area contributed by atoms with Crippen molar-refractivity contribution in [1.29, 1.82) is 0 Å². The Morgan fingerprint density at radius 2 is 2.00 bits per heavy atom. The third-order valence-electron chi connectivity index (χ3n) is 1.72. The summed E-state index contributed by atoms with van der Waals surface area (Å²) in [5.41, 5.74) is 1.40. The van der Waals surface area contributed by atoms with E-state index < -0.39 is 0 Å². The average molecular weight is 184 g/mol. The van der Waals surface area contributed by atoms with Crippen LogP contribution in [0.3, 0.4) is 0 Å². The fourth-order valence-electron chi connectivity index (χ4n) is 1.18. The second-order valence-corrected chi connectivity index (χ2v) is 4.80. The summed E-state index contributed by atoms with van der Waals surface area (Å²) in [5.74, 6) is 0. The van der Waals surface area contributed by atoms with Gasteiger partial charge in [0, 0.05) is 0 Å². The highest BCUT2D eigenvalue weighted by atomic mass is 32.1. The fraction of sp³-hybridized carbons (Fsp3) is 0.778. The second kappa shape index (κ2) is 3.52. The van der Waals surface area contributed by atoms with E-state index in [9.17, 15) is 0 Å². The zero-order chi connectivity index (χ0) is 9.19. The Morgan fingerprint density at radius 3 is 2.50 bits per heavy atom. The van der Waals surface area contributed by atoms with Crippen LogP contribution in [0.2, 0.25) is 0 Å².